The average molecular weight is 591 g/mol. The molecule has 232 valence electrons. The van der Waals surface area contributed by atoms with Crippen molar-refractivity contribution in [2.75, 3.05) is 93.9 Å². The van der Waals surface area contributed by atoms with Crippen molar-refractivity contribution in [1.29, 1.82) is 0 Å². The Morgan fingerprint density at radius 1 is 0.462 bits per heavy atom. The lowest BCUT2D eigenvalue weighted by atomic mass is 10.1. The van der Waals surface area contributed by atoms with E-state index in [0.29, 0.717) is 0 Å². The predicted octanol–water partition coefficient (Wildman–Crippen LogP) is 3.96. The van der Waals surface area contributed by atoms with E-state index < -0.39 is 17.6 Å². The molecular weight excluding hydrogens is 529 g/mol. The van der Waals surface area contributed by atoms with Gasteiger partial charge in [-0.25, -0.2) is 0 Å². The minimum absolute atomic E-state index is 0.815. The van der Waals surface area contributed by atoms with Gasteiger partial charge in [-0.05, 0) is 38.8 Å². The first-order valence-electron chi connectivity index (χ1n) is 15.9. The number of nitrogens with one attached hydrogen (secondary N) is 2. The van der Waals surface area contributed by atoms with Crippen LogP contribution in [0.1, 0.15) is 77.0 Å². The van der Waals surface area contributed by atoms with Gasteiger partial charge in [0.1, 0.15) is 0 Å². The van der Waals surface area contributed by atoms with E-state index in [9.17, 15) is 0 Å². The minimum Gasteiger partial charge on any atom is -0.377 e. The Balaban J connectivity index is 1.59. The van der Waals surface area contributed by atoms with E-state index in [1.54, 1.807) is 28.4 Å². The van der Waals surface area contributed by atoms with E-state index in [1.165, 1.54) is 103 Å². The fraction of sp³-hybridized carbons (Fsp3) is 1.00. The highest BCUT2D eigenvalue weighted by Crippen LogP contribution is 2.28. The van der Waals surface area contributed by atoms with Gasteiger partial charge in [-0.3, -0.25) is 0 Å². The first-order valence-corrected chi connectivity index (χ1v) is 19.7. The maximum Gasteiger partial charge on any atom is 0.493 e. The van der Waals surface area contributed by atoms with E-state index >= 15 is 0 Å². The molecule has 0 saturated carbocycles. The van der Waals surface area contributed by atoms with E-state index in [0.717, 1.165) is 51.1 Å². The Bertz CT molecular complexity index is 528. The SMILES string of the molecule is CO[Si](CCCCCCCCN1CCNCC1)(OC)O[Si](CCCCCCCCN1CCNCC1)(OC)OC. The highest BCUT2D eigenvalue weighted by molar-refractivity contribution is 6.74. The average Bonchev–Trinajstić information content (AvgIpc) is 2.99. The molecule has 0 aromatic rings. The fourth-order valence-corrected chi connectivity index (χ4v) is 12.3. The Morgan fingerprint density at radius 3 is 1.10 bits per heavy atom. The zero-order valence-electron chi connectivity index (χ0n) is 25.9. The van der Waals surface area contributed by atoms with Crippen molar-refractivity contribution in [2.24, 2.45) is 0 Å². The zero-order valence-corrected chi connectivity index (χ0v) is 27.9. The Morgan fingerprint density at radius 2 is 0.769 bits per heavy atom. The number of piperazine rings is 2. The Labute approximate surface area is 242 Å². The molecule has 0 bridgehead atoms. The lowest BCUT2D eigenvalue weighted by molar-refractivity contribution is 0.0856. The van der Waals surface area contributed by atoms with Gasteiger partial charge >= 0.3 is 17.6 Å². The molecule has 39 heavy (non-hydrogen) atoms. The molecule has 0 aromatic heterocycles. The van der Waals surface area contributed by atoms with E-state index in [2.05, 4.69) is 20.4 Å². The van der Waals surface area contributed by atoms with Crippen LogP contribution in [0.3, 0.4) is 0 Å². The second kappa shape index (κ2) is 21.7. The number of unbranched alkanes of at least 4 members (excludes halogenated alkanes) is 10. The van der Waals surface area contributed by atoms with Gasteiger partial charge in [0.15, 0.2) is 0 Å². The number of hydrogen-bond acceptors (Lipinski definition) is 9. The van der Waals surface area contributed by atoms with Crippen LogP contribution in [0.2, 0.25) is 12.1 Å². The second-order valence-electron chi connectivity index (χ2n) is 11.2. The summed E-state index contributed by atoms with van der Waals surface area (Å²) in [6, 6.07) is 1.63. The molecule has 0 radical (unpaired) electrons. The first-order chi connectivity index (χ1) is 19.1. The van der Waals surface area contributed by atoms with E-state index in [4.69, 9.17) is 21.8 Å². The Hall–Kier alpha value is 0.0738. The summed E-state index contributed by atoms with van der Waals surface area (Å²) < 4.78 is 30.3. The summed E-state index contributed by atoms with van der Waals surface area (Å²) in [5.74, 6) is 0. The van der Waals surface area contributed by atoms with Gasteiger partial charge in [0.25, 0.3) is 0 Å². The monoisotopic (exact) mass is 590 g/mol. The van der Waals surface area contributed by atoms with Gasteiger partial charge in [0, 0.05) is 92.9 Å². The van der Waals surface area contributed by atoms with Gasteiger partial charge in [-0.1, -0.05) is 51.4 Å². The third kappa shape index (κ3) is 14.7. The molecule has 0 unspecified atom stereocenters. The summed E-state index contributed by atoms with van der Waals surface area (Å²) in [6.45, 7) is 11.9. The van der Waals surface area contributed by atoms with Crippen molar-refractivity contribution in [3.63, 3.8) is 0 Å². The second-order valence-corrected chi connectivity index (χ2v) is 17.4. The van der Waals surface area contributed by atoms with E-state index in [1.807, 2.05) is 0 Å². The molecule has 2 N–H and O–H groups in total. The van der Waals surface area contributed by atoms with Crippen molar-refractivity contribution < 1.29 is 21.8 Å². The lowest BCUT2D eigenvalue weighted by Gasteiger charge is -2.35. The standard InChI is InChI=1S/C28H62N4O5Si2/c1-33-38(34-2,27-15-11-7-5-9-13-21-31-23-17-29-18-24-31)37-39(35-3,36-4)28-16-12-8-6-10-14-22-32-25-19-30-20-26-32/h29-30H,5-28H2,1-4H3. The predicted molar refractivity (Wildman–Crippen MR) is 164 cm³/mol. The molecule has 2 aliphatic heterocycles. The van der Waals surface area contributed by atoms with Gasteiger partial charge in [0.2, 0.25) is 0 Å². The fourth-order valence-electron chi connectivity index (χ4n) is 5.72. The third-order valence-corrected chi connectivity index (χ3v) is 15.3. The summed E-state index contributed by atoms with van der Waals surface area (Å²) in [6.07, 6.45) is 14.8. The van der Waals surface area contributed by atoms with Crippen molar-refractivity contribution in [1.82, 2.24) is 20.4 Å². The van der Waals surface area contributed by atoms with Crippen molar-refractivity contribution in [3.05, 3.63) is 0 Å². The van der Waals surface area contributed by atoms with Gasteiger partial charge in [-0.2, -0.15) is 0 Å². The number of hydrogen-bond donors (Lipinski definition) is 2. The van der Waals surface area contributed by atoms with Crippen molar-refractivity contribution in [2.45, 2.75) is 89.1 Å². The molecule has 0 amide bonds. The quantitative estimate of drug-likeness (QED) is 0.128. The summed E-state index contributed by atoms with van der Waals surface area (Å²) in [5, 5.41) is 6.85. The van der Waals surface area contributed by atoms with Gasteiger partial charge in [0.05, 0.1) is 0 Å². The third-order valence-electron chi connectivity index (χ3n) is 8.39. The largest absolute Gasteiger partial charge is 0.493 e. The Kier molecular flexibility index (Phi) is 19.7. The summed E-state index contributed by atoms with van der Waals surface area (Å²) in [5.41, 5.74) is 0. The molecule has 0 aromatic carbocycles. The maximum absolute atomic E-state index is 6.61. The van der Waals surface area contributed by atoms with E-state index in [-0.39, 0.29) is 0 Å². The molecular formula is C28H62N4O5Si2. The smallest absolute Gasteiger partial charge is 0.377 e. The van der Waals surface area contributed by atoms with Crippen LogP contribution in [0.5, 0.6) is 0 Å². The molecule has 2 heterocycles. The minimum atomic E-state index is -2.83. The normalized spacial score (nSPS) is 18.2. The van der Waals surface area contributed by atoms with Crippen molar-refractivity contribution in [3.8, 4) is 0 Å². The molecule has 0 aliphatic carbocycles. The summed E-state index contributed by atoms with van der Waals surface area (Å²) >= 11 is 0. The molecule has 9 nitrogen and oxygen atoms in total. The number of nitrogens with zero attached hydrogens (tertiary/aromatic N) is 2. The van der Waals surface area contributed by atoms with Crippen LogP contribution in [-0.4, -0.2) is 121 Å². The van der Waals surface area contributed by atoms with Crippen LogP contribution >= 0.6 is 0 Å². The highest BCUT2D eigenvalue weighted by Gasteiger charge is 2.51. The highest BCUT2D eigenvalue weighted by atomic mass is 28.5. The van der Waals surface area contributed by atoms with Crippen molar-refractivity contribution >= 4 is 17.6 Å². The van der Waals surface area contributed by atoms with Crippen LogP contribution in [0, 0.1) is 0 Å². The summed E-state index contributed by atoms with van der Waals surface area (Å²) in [7, 11) is 1.21. The van der Waals surface area contributed by atoms with Crippen LogP contribution < -0.4 is 10.6 Å². The van der Waals surface area contributed by atoms with Crippen LogP contribution in [0.15, 0.2) is 0 Å². The summed E-state index contributed by atoms with van der Waals surface area (Å²) in [4.78, 5) is 5.17. The molecule has 2 fully saturated rings. The van der Waals surface area contributed by atoms with Gasteiger partial charge in [-0.15, -0.1) is 0 Å². The lowest BCUT2D eigenvalue weighted by Crippen LogP contribution is -2.57. The molecule has 0 spiro atoms. The topological polar surface area (TPSA) is 76.7 Å². The molecule has 2 rings (SSSR count). The van der Waals surface area contributed by atoms with Crippen LogP contribution in [0.4, 0.5) is 0 Å². The van der Waals surface area contributed by atoms with Gasteiger partial charge < -0.3 is 42.3 Å². The zero-order chi connectivity index (χ0) is 28.1. The molecule has 2 saturated heterocycles. The molecule has 0 atom stereocenters. The van der Waals surface area contributed by atoms with Crippen LogP contribution in [0.25, 0.3) is 0 Å². The molecule has 11 heteroatoms. The first kappa shape index (κ1) is 35.3. The maximum atomic E-state index is 6.61. The number of rotatable bonds is 24. The van der Waals surface area contributed by atoms with Crippen LogP contribution in [-0.2, 0) is 21.8 Å². The molecule has 2 aliphatic rings.